The van der Waals surface area contributed by atoms with Gasteiger partial charge in [-0.05, 0) is 55.3 Å². The van der Waals surface area contributed by atoms with Gasteiger partial charge in [0.25, 0.3) is 10.0 Å². The molecule has 4 rings (SSSR count). The number of methoxy groups -OCH3 is 1. The molecule has 1 atom stereocenters. The average molecular weight is 549 g/mol. The zero-order chi connectivity index (χ0) is 27.3. The highest BCUT2D eigenvalue weighted by Crippen LogP contribution is 2.35. The van der Waals surface area contributed by atoms with Gasteiger partial charge < -0.3 is 10.1 Å². The maximum Gasteiger partial charge on any atom is 0.264 e. The van der Waals surface area contributed by atoms with Crippen molar-refractivity contribution < 1.29 is 17.9 Å². The molecule has 4 aromatic rings. The first kappa shape index (κ1) is 27.2. The molecule has 38 heavy (non-hydrogen) atoms. The smallest absolute Gasteiger partial charge is 0.264 e. The highest BCUT2D eigenvalue weighted by Gasteiger charge is 2.30. The predicted octanol–water partition coefficient (Wildman–Crippen LogP) is 6.07. The molecule has 0 fully saturated rings. The highest BCUT2D eigenvalue weighted by atomic mass is 35.5. The molecule has 0 aliphatic heterocycles. The topological polar surface area (TPSA) is 75.7 Å². The first-order chi connectivity index (χ1) is 18.2. The second-order valence-corrected chi connectivity index (χ2v) is 11.3. The number of benzene rings is 4. The van der Waals surface area contributed by atoms with Crippen LogP contribution in [-0.2, 0) is 14.8 Å². The number of nitrogens with one attached hydrogen (secondary N) is 1. The lowest BCUT2D eigenvalue weighted by Crippen LogP contribution is -2.42. The first-order valence-corrected chi connectivity index (χ1v) is 13.8. The SMILES string of the molecule is COc1ccc(Cl)cc1N(CC(=O)NC(c1ccccc1)c1ccc(C)cc1)S(=O)(=O)c1ccc(C)cc1. The number of sulfonamides is 1. The van der Waals surface area contributed by atoms with Gasteiger partial charge in [0.2, 0.25) is 5.91 Å². The monoisotopic (exact) mass is 548 g/mol. The minimum absolute atomic E-state index is 0.0519. The number of rotatable bonds is 9. The normalized spacial score (nSPS) is 12.0. The number of anilines is 1. The van der Waals surface area contributed by atoms with E-state index in [-0.39, 0.29) is 16.3 Å². The molecule has 0 radical (unpaired) electrons. The second kappa shape index (κ2) is 11.7. The molecule has 0 heterocycles. The third kappa shape index (κ3) is 6.18. The maximum atomic E-state index is 13.9. The van der Waals surface area contributed by atoms with Crippen LogP contribution in [0.25, 0.3) is 0 Å². The van der Waals surface area contributed by atoms with E-state index in [2.05, 4.69) is 5.32 Å². The molecular weight excluding hydrogens is 520 g/mol. The molecule has 1 unspecified atom stereocenters. The van der Waals surface area contributed by atoms with Crippen molar-refractivity contribution in [3.8, 4) is 5.75 Å². The molecule has 0 spiro atoms. The minimum Gasteiger partial charge on any atom is -0.495 e. The van der Waals surface area contributed by atoms with Crippen molar-refractivity contribution in [2.75, 3.05) is 18.0 Å². The molecule has 1 amide bonds. The van der Waals surface area contributed by atoms with Crippen LogP contribution in [0, 0.1) is 13.8 Å². The van der Waals surface area contributed by atoms with Crippen LogP contribution in [0.1, 0.15) is 28.3 Å². The molecule has 0 aromatic heterocycles. The van der Waals surface area contributed by atoms with Crippen molar-refractivity contribution in [1.82, 2.24) is 5.32 Å². The van der Waals surface area contributed by atoms with E-state index in [4.69, 9.17) is 16.3 Å². The molecule has 0 aliphatic rings. The summed E-state index contributed by atoms with van der Waals surface area (Å²) in [6, 6.07) is 28.0. The lowest BCUT2D eigenvalue weighted by molar-refractivity contribution is -0.120. The fourth-order valence-corrected chi connectivity index (χ4v) is 5.69. The summed E-state index contributed by atoms with van der Waals surface area (Å²) in [5.41, 5.74) is 3.93. The van der Waals surface area contributed by atoms with Crippen molar-refractivity contribution in [3.63, 3.8) is 0 Å². The van der Waals surface area contributed by atoms with Crippen LogP contribution in [0.15, 0.2) is 102 Å². The van der Waals surface area contributed by atoms with E-state index in [1.54, 1.807) is 24.3 Å². The first-order valence-electron chi connectivity index (χ1n) is 12.0. The summed E-state index contributed by atoms with van der Waals surface area (Å²) >= 11 is 6.25. The second-order valence-electron chi connectivity index (χ2n) is 8.96. The molecule has 0 bridgehead atoms. The molecule has 0 aliphatic carbocycles. The minimum atomic E-state index is -4.15. The van der Waals surface area contributed by atoms with Crippen LogP contribution in [-0.4, -0.2) is 28.0 Å². The Labute approximate surface area is 228 Å². The van der Waals surface area contributed by atoms with Gasteiger partial charge >= 0.3 is 0 Å². The van der Waals surface area contributed by atoms with Gasteiger partial charge in [-0.1, -0.05) is 89.5 Å². The Morgan fingerprint density at radius 1 is 0.868 bits per heavy atom. The molecule has 0 saturated carbocycles. The predicted molar refractivity (Wildman–Crippen MR) is 151 cm³/mol. The van der Waals surface area contributed by atoms with Gasteiger partial charge in [0, 0.05) is 5.02 Å². The summed E-state index contributed by atoms with van der Waals surface area (Å²) in [5.74, 6) is -0.215. The lowest BCUT2D eigenvalue weighted by Gasteiger charge is -2.27. The van der Waals surface area contributed by atoms with Gasteiger partial charge in [-0.15, -0.1) is 0 Å². The summed E-state index contributed by atoms with van der Waals surface area (Å²) in [6.45, 7) is 3.38. The van der Waals surface area contributed by atoms with Gasteiger partial charge in [0.05, 0.1) is 23.7 Å². The zero-order valence-corrected chi connectivity index (χ0v) is 23.0. The van der Waals surface area contributed by atoms with Gasteiger partial charge in [-0.3, -0.25) is 9.10 Å². The van der Waals surface area contributed by atoms with Crippen LogP contribution in [0.5, 0.6) is 5.75 Å². The maximum absolute atomic E-state index is 13.9. The van der Waals surface area contributed by atoms with Crippen LogP contribution in [0.2, 0.25) is 5.02 Å². The number of halogens is 1. The van der Waals surface area contributed by atoms with Crippen molar-refractivity contribution in [2.45, 2.75) is 24.8 Å². The summed E-state index contributed by atoms with van der Waals surface area (Å²) < 4.78 is 34.2. The molecule has 196 valence electrons. The summed E-state index contributed by atoms with van der Waals surface area (Å²) in [7, 11) is -2.72. The van der Waals surface area contributed by atoms with Crippen LogP contribution >= 0.6 is 11.6 Å². The number of ether oxygens (including phenoxy) is 1. The molecular formula is C30H29ClN2O4S. The van der Waals surface area contributed by atoms with Gasteiger partial charge in [-0.2, -0.15) is 0 Å². The highest BCUT2D eigenvalue weighted by molar-refractivity contribution is 7.92. The van der Waals surface area contributed by atoms with Crippen molar-refractivity contribution in [2.24, 2.45) is 0 Å². The Hall–Kier alpha value is -3.81. The van der Waals surface area contributed by atoms with Crippen LogP contribution in [0.4, 0.5) is 5.69 Å². The average Bonchev–Trinajstić information content (AvgIpc) is 2.91. The van der Waals surface area contributed by atoms with Gasteiger partial charge in [0.1, 0.15) is 12.3 Å². The number of nitrogens with zero attached hydrogens (tertiary/aromatic N) is 1. The van der Waals surface area contributed by atoms with Gasteiger partial charge in [0.15, 0.2) is 0 Å². The van der Waals surface area contributed by atoms with E-state index in [1.165, 1.54) is 25.3 Å². The number of carbonyl (C=O) groups excluding carboxylic acids is 1. The van der Waals surface area contributed by atoms with E-state index in [0.717, 1.165) is 26.6 Å². The van der Waals surface area contributed by atoms with Gasteiger partial charge in [-0.25, -0.2) is 8.42 Å². The lowest BCUT2D eigenvalue weighted by atomic mass is 9.98. The summed E-state index contributed by atoms with van der Waals surface area (Å²) in [6.07, 6.45) is 0. The van der Waals surface area contributed by atoms with Crippen molar-refractivity contribution in [3.05, 3.63) is 124 Å². The van der Waals surface area contributed by atoms with E-state index < -0.39 is 28.5 Å². The van der Waals surface area contributed by atoms with E-state index in [0.29, 0.717) is 5.02 Å². The number of aryl methyl sites for hydroxylation is 2. The Balaban J connectivity index is 1.74. The molecule has 1 N–H and O–H groups in total. The number of amides is 1. The van der Waals surface area contributed by atoms with Crippen molar-refractivity contribution >= 4 is 33.2 Å². The van der Waals surface area contributed by atoms with Crippen LogP contribution < -0.4 is 14.4 Å². The number of hydrogen-bond donors (Lipinski definition) is 1. The van der Waals surface area contributed by atoms with E-state index >= 15 is 0 Å². The molecule has 8 heteroatoms. The summed E-state index contributed by atoms with van der Waals surface area (Å²) in [5, 5.41) is 3.35. The van der Waals surface area contributed by atoms with E-state index in [9.17, 15) is 13.2 Å². The quantitative estimate of drug-likeness (QED) is 0.275. The molecule has 6 nitrogen and oxygen atoms in total. The number of hydrogen-bond acceptors (Lipinski definition) is 4. The largest absolute Gasteiger partial charge is 0.495 e. The molecule has 4 aromatic carbocycles. The van der Waals surface area contributed by atoms with E-state index in [1.807, 2.05) is 68.4 Å². The fourth-order valence-electron chi connectivity index (χ4n) is 4.10. The third-order valence-electron chi connectivity index (χ3n) is 6.15. The molecule has 0 saturated heterocycles. The number of carbonyl (C=O) groups is 1. The third-order valence-corrected chi connectivity index (χ3v) is 8.16. The van der Waals surface area contributed by atoms with Crippen LogP contribution in [0.3, 0.4) is 0 Å². The zero-order valence-electron chi connectivity index (χ0n) is 21.4. The fraction of sp³-hybridized carbons (Fsp3) is 0.167. The Bertz CT molecular complexity index is 1510. The Morgan fingerprint density at radius 2 is 1.45 bits per heavy atom. The van der Waals surface area contributed by atoms with Crippen molar-refractivity contribution in [1.29, 1.82) is 0 Å². The standard InChI is InChI=1S/C30H29ClN2O4S/c1-21-9-13-24(14-10-21)30(23-7-5-4-6-8-23)32-29(34)20-33(27-19-25(31)15-18-28(27)37-3)38(35,36)26-16-11-22(2)12-17-26/h4-19,30H,20H2,1-3H3,(H,32,34). The Morgan fingerprint density at radius 3 is 2.05 bits per heavy atom. The Kier molecular flexibility index (Phi) is 8.39. The summed E-state index contributed by atoms with van der Waals surface area (Å²) in [4.78, 5) is 13.6.